The SMILES string of the molecule is CCCCc1c(F)c(F)c(C)c(F)c1F. The molecule has 0 atom stereocenters. The molecular formula is C11H12F4. The maximum absolute atomic E-state index is 13.2. The Bertz CT molecular complexity index is 342. The van der Waals surface area contributed by atoms with E-state index in [1.807, 2.05) is 6.92 Å². The van der Waals surface area contributed by atoms with Gasteiger partial charge in [-0.1, -0.05) is 13.3 Å². The van der Waals surface area contributed by atoms with Gasteiger partial charge in [0.1, 0.15) is 0 Å². The van der Waals surface area contributed by atoms with E-state index in [2.05, 4.69) is 0 Å². The third kappa shape index (κ3) is 2.13. The zero-order valence-electron chi connectivity index (χ0n) is 8.63. The van der Waals surface area contributed by atoms with Crippen molar-refractivity contribution in [3.8, 4) is 0 Å². The van der Waals surface area contributed by atoms with Crippen molar-refractivity contribution in [3.63, 3.8) is 0 Å². The lowest BCUT2D eigenvalue weighted by atomic mass is 10.0. The van der Waals surface area contributed by atoms with Crippen molar-refractivity contribution in [1.82, 2.24) is 0 Å². The Morgan fingerprint density at radius 1 is 0.867 bits per heavy atom. The molecule has 0 N–H and O–H groups in total. The largest absolute Gasteiger partial charge is 0.203 e. The molecule has 84 valence electrons. The van der Waals surface area contributed by atoms with Gasteiger partial charge in [-0.15, -0.1) is 0 Å². The average Bonchev–Trinajstić information content (AvgIpc) is 2.24. The normalized spacial score (nSPS) is 10.8. The Labute approximate surface area is 85.9 Å². The minimum absolute atomic E-state index is 0.0162. The smallest absolute Gasteiger partial charge is 0.165 e. The lowest BCUT2D eigenvalue weighted by molar-refractivity contribution is 0.429. The van der Waals surface area contributed by atoms with Crippen LogP contribution < -0.4 is 0 Å². The van der Waals surface area contributed by atoms with Gasteiger partial charge < -0.3 is 0 Å². The van der Waals surface area contributed by atoms with E-state index in [9.17, 15) is 17.6 Å². The molecule has 0 nitrogen and oxygen atoms in total. The summed E-state index contributed by atoms with van der Waals surface area (Å²) in [5.41, 5.74) is -1.09. The van der Waals surface area contributed by atoms with Crippen molar-refractivity contribution in [3.05, 3.63) is 34.4 Å². The minimum atomic E-state index is -1.29. The molecule has 1 rings (SSSR count). The van der Waals surface area contributed by atoms with E-state index in [0.29, 0.717) is 12.8 Å². The fourth-order valence-electron chi connectivity index (χ4n) is 1.36. The van der Waals surface area contributed by atoms with Crippen molar-refractivity contribution < 1.29 is 17.6 Å². The molecule has 0 spiro atoms. The monoisotopic (exact) mass is 220 g/mol. The van der Waals surface area contributed by atoms with Crippen LogP contribution in [0.1, 0.15) is 30.9 Å². The van der Waals surface area contributed by atoms with Gasteiger partial charge in [-0.3, -0.25) is 0 Å². The third-order valence-electron chi connectivity index (χ3n) is 2.35. The summed E-state index contributed by atoms with van der Waals surface area (Å²) in [7, 11) is 0. The van der Waals surface area contributed by atoms with Crippen LogP contribution in [0.2, 0.25) is 0 Å². The van der Waals surface area contributed by atoms with E-state index in [-0.39, 0.29) is 6.42 Å². The van der Waals surface area contributed by atoms with Crippen LogP contribution in [0.5, 0.6) is 0 Å². The predicted molar refractivity (Wildman–Crippen MR) is 49.6 cm³/mol. The highest BCUT2D eigenvalue weighted by Gasteiger charge is 2.22. The average molecular weight is 220 g/mol. The van der Waals surface area contributed by atoms with Gasteiger partial charge in [-0.2, -0.15) is 0 Å². The molecule has 0 unspecified atom stereocenters. The van der Waals surface area contributed by atoms with E-state index in [4.69, 9.17) is 0 Å². The molecule has 1 aromatic rings. The highest BCUT2D eigenvalue weighted by Crippen LogP contribution is 2.24. The summed E-state index contributed by atoms with van der Waals surface area (Å²) in [6.45, 7) is 2.84. The fraction of sp³-hybridized carbons (Fsp3) is 0.455. The van der Waals surface area contributed by atoms with Gasteiger partial charge in [0.05, 0.1) is 0 Å². The van der Waals surface area contributed by atoms with Crippen molar-refractivity contribution in [1.29, 1.82) is 0 Å². The Morgan fingerprint density at radius 3 is 1.73 bits per heavy atom. The van der Waals surface area contributed by atoms with Crippen LogP contribution in [-0.2, 0) is 6.42 Å². The molecule has 0 aliphatic carbocycles. The number of unbranched alkanes of at least 4 members (excludes halogenated alkanes) is 1. The lowest BCUT2D eigenvalue weighted by Gasteiger charge is -2.08. The van der Waals surface area contributed by atoms with E-state index in [0.717, 1.165) is 6.92 Å². The summed E-state index contributed by atoms with van der Waals surface area (Å²) in [6.07, 6.45) is 1.22. The summed E-state index contributed by atoms with van der Waals surface area (Å²) in [6, 6.07) is 0. The molecule has 15 heavy (non-hydrogen) atoms. The van der Waals surface area contributed by atoms with Crippen LogP contribution in [0.25, 0.3) is 0 Å². The quantitative estimate of drug-likeness (QED) is 0.535. The van der Waals surface area contributed by atoms with Gasteiger partial charge in [0.2, 0.25) is 0 Å². The Kier molecular flexibility index (Phi) is 3.72. The second kappa shape index (κ2) is 4.64. The van der Waals surface area contributed by atoms with Crippen LogP contribution in [0.15, 0.2) is 0 Å². The van der Waals surface area contributed by atoms with Crippen LogP contribution in [0.4, 0.5) is 17.6 Å². The molecule has 0 heterocycles. The first kappa shape index (κ1) is 12.0. The molecule has 0 radical (unpaired) electrons. The van der Waals surface area contributed by atoms with Crippen molar-refractivity contribution in [2.24, 2.45) is 0 Å². The first-order valence-corrected chi connectivity index (χ1v) is 4.82. The van der Waals surface area contributed by atoms with Crippen LogP contribution in [0, 0.1) is 30.2 Å². The van der Waals surface area contributed by atoms with Gasteiger partial charge >= 0.3 is 0 Å². The summed E-state index contributed by atoms with van der Waals surface area (Å²) in [5, 5.41) is 0. The van der Waals surface area contributed by atoms with E-state index >= 15 is 0 Å². The second-order valence-electron chi connectivity index (χ2n) is 3.46. The van der Waals surface area contributed by atoms with E-state index in [1.165, 1.54) is 0 Å². The van der Waals surface area contributed by atoms with Crippen LogP contribution >= 0.6 is 0 Å². The molecule has 0 fully saturated rings. The molecular weight excluding hydrogens is 208 g/mol. The Morgan fingerprint density at radius 2 is 1.33 bits per heavy atom. The highest BCUT2D eigenvalue weighted by atomic mass is 19.2. The van der Waals surface area contributed by atoms with Gasteiger partial charge in [-0.05, 0) is 19.8 Å². The molecule has 0 saturated carbocycles. The van der Waals surface area contributed by atoms with Crippen molar-refractivity contribution in [2.75, 3.05) is 0 Å². The maximum Gasteiger partial charge on any atom is 0.165 e. The molecule has 4 heteroatoms. The first-order valence-electron chi connectivity index (χ1n) is 4.82. The summed E-state index contributed by atoms with van der Waals surface area (Å²) >= 11 is 0. The highest BCUT2D eigenvalue weighted by molar-refractivity contribution is 5.29. The zero-order valence-corrected chi connectivity index (χ0v) is 8.63. The predicted octanol–water partition coefficient (Wildman–Crippen LogP) is 3.89. The molecule has 0 aromatic heterocycles. The van der Waals surface area contributed by atoms with Crippen molar-refractivity contribution in [2.45, 2.75) is 33.1 Å². The van der Waals surface area contributed by atoms with Crippen LogP contribution in [-0.4, -0.2) is 0 Å². The number of halogens is 4. The van der Waals surface area contributed by atoms with Gasteiger partial charge in [0.25, 0.3) is 0 Å². The lowest BCUT2D eigenvalue weighted by Crippen LogP contribution is -2.06. The molecule has 1 aromatic carbocycles. The minimum Gasteiger partial charge on any atom is -0.203 e. The topological polar surface area (TPSA) is 0 Å². The summed E-state index contributed by atoms with van der Waals surface area (Å²) in [4.78, 5) is 0. The number of benzene rings is 1. The summed E-state index contributed by atoms with van der Waals surface area (Å²) < 4.78 is 52.6. The molecule has 0 aliphatic rings. The van der Waals surface area contributed by atoms with Gasteiger partial charge in [0.15, 0.2) is 23.3 Å². The van der Waals surface area contributed by atoms with E-state index in [1.54, 1.807) is 0 Å². The Balaban J connectivity index is 3.26. The standard InChI is InChI=1S/C11H12F4/c1-3-4-5-7-10(14)8(12)6(2)9(13)11(7)15/h3-5H2,1-2H3. The molecule has 0 saturated heterocycles. The van der Waals surface area contributed by atoms with E-state index < -0.39 is 34.4 Å². The fourth-order valence-corrected chi connectivity index (χ4v) is 1.36. The molecule has 0 bridgehead atoms. The summed E-state index contributed by atoms with van der Waals surface area (Å²) in [5.74, 6) is -5.11. The number of rotatable bonds is 3. The van der Waals surface area contributed by atoms with Crippen LogP contribution in [0.3, 0.4) is 0 Å². The molecule has 0 aliphatic heterocycles. The molecule has 0 amide bonds. The van der Waals surface area contributed by atoms with Gasteiger partial charge in [0, 0.05) is 11.1 Å². The number of hydrogen-bond acceptors (Lipinski definition) is 0. The maximum atomic E-state index is 13.2. The Hall–Kier alpha value is -1.06. The second-order valence-corrected chi connectivity index (χ2v) is 3.46. The van der Waals surface area contributed by atoms with Crippen molar-refractivity contribution >= 4 is 0 Å². The first-order chi connectivity index (χ1) is 7.00. The third-order valence-corrected chi connectivity index (χ3v) is 2.35. The van der Waals surface area contributed by atoms with Gasteiger partial charge in [-0.25, -0.2) is 17.6 Å². The number of hydrogen-bond donors (Lipinski definition) is 0. The zero-order chi connectivity index (χ0) is 11.6.